The number of anilines is 3. The summed E-state index contributed by atoms with van der Waals surface area (Å²) in [6.45, 7) is 7.80. The first-order valence-electron chi connectivity index (χ1n) is 18.6. The second-order valence-corrected chi connectivity index (χ2v) is 13.5. The molecule has 0 spiro atoms. The van der Waals surface area contributed by atoms with Crippen LogP contribution in [0.25, 0.3) is 61.2 Å². The summed E-state index contributed by atoms with van der Waals surface area (Å²) in [5.74, 6) is 0. The Balaban J connectivity index is 1.10. The van der Waals surface area contributed by atoms with Gasteiger partial charge >= 0.3 is 0 Å². The quantitative estimate of drug-likeness (QED) is 0.121. The molecule has 0 unspecified atom stereocenters. The van der Waals surface area contributed by atoms with E-state index < -0.39 is 0 Å². The molecule has 0 bridgehead atoms. The first kappa shape index (κ1) is 34.8. The lowest BCUT2D eigenvalue weighted by Gasteiger charge is -2.26. The van der Waals surface area contributed by atoms with E-state index in [0.717, 1.165) is 39.3 Å². The van der Waals surface area contributed by atoms with Gasteiger partial charge in [0.05, 0.1) is 0 Å². The van der Waals surface area contributed by atoms with Crippen LogP contribution in [0, 0.1) is 0 Å². The Kier molecular flexibility index (Phi) is 10.3. The first-order chi connectivity index (χ1) is 27.2. The van der Waals surface area contributed by atoms with E-state index in [1.54, 1.807) is 6.08 Å². The molecular weight excluding hydrogens is 663 g/mol. The van der Waals surface area contributed by atoms with Crippen LogP contribution in [0.2, 0.25) is 0 Å². The van der Waals surface area contributed by atoms with Crippen molar-refractivity contribution in [1.29, 1.82) is 0 Å². The molecule has 0 saturated heterocycles. The van der Waals surface area contributed by atoms with Crippen LogP contribution in [0.3, 0.4) is 0 Å². The van der Waals surface area contributed by atoms with Crippen LogP contribution in [0.15, 0.2) is 238 Å². The largest absolute Gasteiger partial charge is 0.311 e. The summed E-state index contributed by atoms with van der Waals surface area (Å²) < 4.78 is 0. The van der Waals surface area contributed by atoms with Gasteiger partial charge in [-0.3, -0.25) is 0 Å². The Morgan fingerprint density at radius 1 is 0.309 bits per heavy atom. The van der Waals surface area contributed by atoms with Crippen molar-refractivity contribution in [1.82, 2.24) is 0 Å². The molecule has 0 amide bonds. The summed E-state index contributed by atoms with van der Waals surface area (Å²) in [6.07, 6.45) is 5.64. The molecule has 0 heterocycles. The molecule has 8 aromatic rings. The molecular formula is C54H41N. The Labute approximate surface area is 325 Å². The monoisotopic (exact) mass is 703 g/mol. The van der Waals surface area contributed by atoms with Gasteiger partial charge in [-0.05, 0) is 103 Å². The fourth-order valence-electron chi connectivity index (χ4n) is 7.09. The second kappa shape index (κ2) is 16.2. The van der Waals surface area contributed by atoms with E-state index in [-0.39, 0.29) is 0 Å². The molecule has 0 aliphatic rings. The van der Waals surface area contributed by atoms with E-state index in [9.17, 15) is 0 Å². The predicted octanol–water partition coefficient (Wildman–Crippen LogP) is 15.2. The Hall–Kier alpha value is -7.22. The molecule has 0 radical (unpaired) electrons. The standard InChI is InChI=1S/C54H41N/c1-3-11-40(4-2)43-16-18-46(19-17-43)49-28-34-52(35-29-49)55(53-36-30-50(31-37-53)47-24-20-44(21-25-47)41-12-7-5-8-13-41)54-38-32-51(33-39-54)48-26-22-45(23-27-48)42-14-9-6-10-15-42/h3-39H,1-2H2/b40-11+. The van der Waals surface area contributed by atoms with E-state index in [2.05, 4.69) is 224 Å². The number of allylic oxidation sites excluding steroid dienone is 4. The SMILES string of the molecule is C=C/C=C(\C=C)c1ccc(-c2ccc(N(c3ccc(-c4ccc(-c5ccccc5)cc4)cc3)c3ccc(-c4ccc(-c5ccccc5)cc4)cc3)cc2)cc1. The van der Waals surface area contributed by atoms with E-state index in [4.69, 9.17) is 0 Å². The zero-order chi connectivity index (χ0) is 37.4. The van der Waals surface area contributed by atoms with Gasteiger partial charge in [0.15, 0.2) is 0 Å². The summed E-state index contributed by atoms with van der Waals surface area (Å²) in [4.78, 5) is 2.33. The molecule has 0 atom stereocenters. The minimum atomic E-state index is 1.05. The molecule has 0 aliphatic heterocycles. The molecule has 262 valence electrons. The highest BCUT2D eigenvalue weighted by molar-refractivity contribution is 5.82. The van der Waals surface area contributed by atoms with Gasteiger partial charge in [0.25, 0.3) is 0 Å². The Morgan fingerprint density at radius 2 is 0.564 bits per heavy atom. The van der Waals surface area contributed by atoms with Crippen LogP contribution < -0.4 is 4.90 Å². The lowest BCUT2D eigenvalue weighted by molar-refractivity contribution is 1.28. The predicted molar refractivity (Wildman–Crippen MR) is 237 cm³/mol. The van der Waals surface area contributed by atoms with Crippen molar-refractivity contribution in [2.75, 3.05) is 4.90 Å². The smallest absolute Gasteiger partial charge is 0.0462 e. The van der Waals surface area contributed by atoms with E-state index in [1.807, 2.05) is 12.2 Å². The van der Waals surface area contributed by atoms with Crippen molar-refractivity contribution in [2.45, 2.75) is 0 Å². The van der Waals surface area contributed by atoms with Gasteiger partial charge < -0.3 is 4.90 Å². The average Bonchev–Trinajstić information content (AvgIpc) is 3.27. The summed E-state index contributed by atoms with van der Waals surface area (Å²) >= 11 is 0. The normalized spacial score (nSPS) is 11.2. The zero-order valence-electron chi connectivity index (χ0n) is 30.7. The summed E-state index contributed by atoms with van der Waals surface area (Å²) in [5, 5.41) is 0. The number of nitrogens with zero attached hydrogens (tertiary/aromatic N) is 1. The molecule has 0 aromatic heterocycles. The number of hydrogen-bond acceptors (Lipinski definition) is 1. The maximum atomic E-state index is 3.96. The van der Waals surface area contributed by atoms with Crippen LogP contribution in [-0.2, 0) is 0 Å². The van der Waals surface area contributed by atoms with Crippen molar-refractivity contribution in [2.24, 2.45) is 0 Å². The lowest BCUT2D eigenvalue weighted by Crippen LogP contribution is -2.09. The third kappa shape index (κ3) is 7.78. The molecule has 0 N–H and O–H groups in total. The van der Waals surface area contributed by atoms with Crippen LogP contribution in [0.5, 0.6) is 0 Å². The fourth-order valence-corrected chi connectivity index (χ4v) is 7.09. The molecule has 0 fully saturated rings. The van der Waals surface area contributed by atoms with Crippen molar-refractivity contribution < 1.29 is 0 Å². The van der Waals surface area contributed by atoms with Crippen molar-refractivity contribution in [3.8, 4) is 55.6 Å². The van der Waals surface area contributed by atoms with Gasteiger partial charge in [0.1, 0.15) is 0 Å². The Bertz CT molecular complexity index is 2400. The first-order valence-corrected chi connectivity index (χ1v) is 18.6. The molecule has 1 nitrogen and oxygen atoms in total. The van der Waals surface area contributed by atoms with Gasteiger partial charge in [-0.2, -0.15) is 0 Å². The van der Waals surface area contributed by atoms with Gasteiger partial charge in [0.2, 0.25) is 0 Å². The van der Waals surface area contributed by atoms with Gasteiger partial charge in [0, 0.05) is 17.1 Å². The van der Waals surface area contributed by atoms with Crippen molar-refractivity contribution in [3.05, 3.63) is 243 Å². The minimum absolute atomic E-state index is 1.05. The van der Waals surface area contributed by atoms with Gasteiger partial charge in [-0.15, -0.1) is 0 Å². The second-order valence-electron chi connectivity index (χ2n) is 13.5. The van der Waals surface area contributed by atoms with Crippen LogP contribution in [0.4, 0.5) is 17.1 Å². The summed E-state index contributed by atoms with van der Waals surface area (Å²) in [7, 11) is 0. The fraction of sp³-hybridized carbons (Fsp3) is 0. The highest BCUT2D eigenvalue weighted by Gasteiger charge is 2.14. The van der Waals surface area contributed by atoms with Crippen LogP contribution >= 0.6 is 0 Å². The third-order valence-electron chi connectivity index (χ3n) is 10.1. The van der Waals surface area contributed by atoms with Crippen molar-refractivity contribution >= 4 is 22.6 Å². The van der Waals surface area contributed by atoms with Crippen LogP contribution in [0.1, 0.15) is 5.56 Å². The maximum absolute atomic E-state index is 3.96. The highest BCUT2D eigenvalue weighted by Crippen LogP contribution is 2.38. The molecule has 8 rings (SSSR count). The van der Waals surface area contributed by atoms with Crippen LogP contribution in [-0.4, -0.2) is 0 Å². The maximum Gasteiger partial charge on any atom is 0.0462 e. The third-order valence-corrected chi connectivity index (χ3v) is 10.1. The summed E-state index contributed by atoms with van der Waals surface area (Å²) in [6, 6.07) is 73.9. The Morgan fingerprint density at radius 3 is 0.836 bits per heavy atom. The summed E-state index contributed by atoms with van der Waals surface area (Å²) in [5.41, 5.74) is 17.4. The molecule has 1 heteroatoms. The van der Waals surface area contributed by atoms with Crippen molar-refractivity contribution in [3.63, 3.8) is 0 Å². The van der Waals surface area contributed by atoms with Gasteiger partial charge in [-0.1, -0.05) is 201 Å². The van der Waals surface area contributed by atoms with E-state index in [0.29, 0.717) is 0 Å². The number of rotatable bonds is 11. The number of benzene rings is 8. The number of hydrogen-bond donors (Lipinski definition) is 0. The zero-order valence-corrected chi connectivity index (χ0v) is 30.7. The topological polar surface area (TPSA) is 3.24 Å². The molecule has 55 heavy (non-hydrogen) atoms. The molecule has 8 aromatic carbocycles. The highest BCUT2D eigenvalue weighted by atomic mass is 15.1. The van der Waals surface area contributed by atoms with E-state index >= 15 is 0 Å². The minimum Gasteiger partial charge on any atom is -0.311 e. The van der Waals surface area contributed by atoms with E-state index in [1.165, 1.54) is 44.5 Å². The average molecular weight is 704 g/mol. The lowest BCUT2D eigenvalue weighted by atomic mass is 9.99. The molecule has 0 aliphatic carbocycles. The molecule has 0 saturated carbocycles. The van der Waals surface area contributed by atoms with Gasteiger partial charge in [-0.25, -0.2) is 0 Å².